The van der Waals surface area contributed by atoms with E-state index in [-0.39, 0.29) is 0 Å². The lowest BCUT2D eigenvalue weighted by Crippen LogP contribution is -2.36. The molecule has 88 valence electrons. The molecule has 3 nitrogen and oxygen atoms in total. The Morgan fingerprint density at radius 1 is 1.69 bits per heavy atom. The number of aliphatic hydroxyl groups is 1. The van der Waals surface area contributed by atoms with Crippen LogP contribution in [0, 0.1) is 6.92 Å². The first-order valence-electron chi connectivity index (χ1n) is 5.25. The van der Waals surface area contributed by atoms with E-state index < -0.39 is 5.60 Å². The maximum atomic E-state index is 10.2. The van der Waals surface area contributed by atoms with Gasteiger partial charge in [0, 0.05) is 18.5 Å². The zero-order chi connectivity index (χ0) is 11.6. The molecule has 2 rings (SSSR count). The summed E-state index contributed by atoms with van der Waals surface area (Å²) in [7, 11) is 0. The predicted octanol–water partition coefficient (Wildman–Crippen LogP) is 2.43. The molecule has 0 amide bonds. The molecule has 2 heterocycles. The number of anilines is 1. The zero-order valence-corrected chi connectivity index (χ0v) is 11.6. The van der Waals surface area contributed by atoms with Crippen LogP contribution in [0.3, 0.4) is 0 Å². The van der Waals surface area contributed by atoms with Crippen LogP contribution in [0.5, 0.6) is 0 Å². The molecule has 5 heteroatoms. The Morgan fingerprint density at radius 2 is 2.50 bits per heavy atom. The van der Waals surface area contributed by atoms with Crippen LogP contribution in [0.2, 0.25) is 0 Å². The minimum absolute atomic E-state index is 0.564. The molecular weight excluding hydrogens is 288 g/mol. The highest BCUT2D eigenvalue weighted by atomic mass is 79.9. The van der Waals surface area contributed by atoms with Gasteiger partial charge in [0.05, 0.1) is 10.1 Å². The van der Waals surface area contributed by atoms with Crippen molar-refractivity contribution in [2.75, 3.05) is 23.4 Å². The van der Waals surface area contributed by atoms with E-state index in [2.05, 4.69) is 26.2 Å². The summed E-state index contributed by atoms with van der Waals surface area (Å²) in [6, 6.07) is 2.02. The SMILES string of the molecule is Cc1cnc(NC[C@]2(O)CCSC2)c(Br)c1. The number of hydrogen-bond acceptors (Lipinski definition) is 4. The summed E-state index contributed by atoms with van der Waals surface area (Å²) in [6.07, 6.45) is 2.68. The van der Waals surface area contributed by atoms with Crippen molar-refractivity contribution < 1.29 is 5.11 Å². The van der Waals surface area contributed by atoms with Gasteiger partial charge in [-0.15, -0.1) is 0 Å². The fourth-order valence-electron chi connectivity index (χ4n) is 1.65. The Balaban J connectivity index is 1.99. The maximum Gasteiger partial charge on any atom is 0.140 e. The number of halogens is 1. The monoisotopic (exact) mass is 302 g/mol. The van der Waals surface area contributed by atoms with E-state index >= 15 is 0 Å². The Morgan fingerprint density at radius 3 is 3.12 bits per heavy atom. The number of thioether (sulfide) groups is 1. The lowest BCUT2D eigenvalue weighted by atomic mass is 10.0. The van der Waals surface area contributed by atoms with Crippen LogP contribution >= 0.6 is 27.7 Å². The van der Waals surface area contributed by atoms with Crippen LogP contribution in [-0.4, -0.2) is 33.7 Å². The Labute approximate surface area is 108 Å². The molecule has 0 spiro atoms. The van der Waals surface area contributed by atoms with Crippen molar-refractivity contribution in [2.45, 2.75) is 18.9 Å². The normalized spacial score (nSPS) is 24.7. The van der Waals surface area contributed by atoms with Crippen LogP contribution in [0.4, 0.5) is 5.82 Å². The lowest BCUT2D eigenvalue weighted by molar-refractivity contribution is 0.0819. The molecule has 0 aliphatic carbocycles. The van der Waals surface area contributed by atoms with Crippen LogP contribution in [0.1, 0.15) is 12.0 Å². The third kappa shape index (κ3) is 2.90. The number of pyridine rings is 1. The van der Waals surface area contributed by atoms with E-state index in [4.69, 9.17) is 0 Å². The van der Waals surface area contributed by atoms with E-state index in [1.165, 1.54) is 0 Å². The first-order chi connectivity index (χ1) is 7.59. The van der Waals surface area contributed by atoms with Crippen molar-refractivity contribution in [1.82, 2.24) is 4.98 Å². The molecular formula is C11H15BrN2OS. The molecule has 1 atom stereocenters. The molecule has 0 radical (unpaired) electrons. The minimum Gasteiger partial charge on any atom is -0.387 e. The number of hydrogen-bond donors (Lipinski definition) is 2. The van der Waals surface area contributed by atoms with Crippen molar-refractivity contribution in [3.8, 4) is 0 Å². The van der Waals surface area contributed by atoms with Crippen LogP contribution < -0.4 is 5.32 Å². The number of aryl methyl sites for hydroxylation is 1. The maximum absolute atomic E-state index is 10.2. The molecule has 2 N–H and O–H groups in total. The van der Waals surface area contributed by atoms with E-state index in [1.54, 1.807) is 11.8 Å². The third-order valence-corrected chi connectivity index (χ3v) is 4.48. The second kappa shape index (κ2) is 4.94. The molecule has 1 aliphatic rings. The highest BCUT2D eigenvalue weighted by Crippen LogP contribution is 2.29. The smallest absolute Gasteiger partial charge is 0.140 e. The summed E-state index contributed by atoms with van der Waals surface area (Å²) in [4.78, 5) is 4.29. The van der Waals surface area contributed by atoms with Crippen molar-refractivity contribution in [2.24, 2.45) is 0 Å². The van der Waals surface area contributed by atoms with Crippen LogP contribution in [0.25, 0.3) is 0 Å². The van der Waals surface area contributed by atoms with Gasteiger partial charge in [0.2, 0.25) is 0 Å². The molecule has 1 fully saturated rings. The predicted molar refractivity (Wildman–Crippen MR) is 72.1 cm³/mol. The van der Waals surface area contributed by atoms with Gasteiger partial charge in [-0.2, -0.15) is 11.8 Å². The first-order valence-corrected chi connectivity index (χ1v) is 7.20. The molecule has 1 aromatic heterocycles. The second-order valence-electron chi connectivity index (χ2n) is 4.22. The summed E-state index contributed by atoms with van der Waals surface area (Å²) in [5, 5.41) is 13.4. The van der Waals surface area contributed by atoms with Gasteiger partial charge >= 0.3 is 0 Å². The highest BCUT2D eigenvalue weighted by molar-refractivity contribution is 9.10. The summed E-state index contributed by atoms with van der Waals surface area (Å²) in [5.41, 5.74) is 0.545. The summed E-state index contributed by atoms with van der Waals surface area (Å²) >= 11 is 5.26. The molecule has 1 aliphatic heterocycles. The standard InChI is InChI=1S/C11H15BrN2OS/c1-8-4-9(12)10(13-5-8)14-6-11(15)2-3-16-7-11/h4-5,15H,2-3,6-7H2,1H3,(H,13,14)/t11-/m1/s1. The fraction of sp³-hybridized carbons (Fsp3) is 0.545. The topological polar surface area (TPSA) is 45.2 Å². The first kappa shape index (κ1) is 12.2. The van der Waals surface area contributed by atoms with E-state index in [0.29, 0.717) is 6.54 Å². The van der Waals surface area contributed by atoms with E-state index in [0.717, 1.165) is 33.8 Å². The van der Waals surface area contributed by atoms with Gasteiger partial charge < -0.3 is 10.4 Å². The Hall–Kier alpha value is -0.260. The van der Waals surface area contributed by atoms with E-state index in [1.807, 2.05) is 19.2 Å². The number of aromatic nitrogens is 1. The zero-order valence-electron chi connectivity index (χ0n) is 9.16. The molecule has 0 bridgehead atoms. The highest BCUT2D eigenvalue weighted by Gasteiger charge is 2.31. The van der Waals surface area contributed by atoms with Gasteiger partial charge in [-0.3, -0.25) is 0 Å². The van der Waals surface area contributed by atoms with E-state index in [9.17, 15) is 5.11 Å². The third-order valence-electron chi connectivity index (χ3n) is 2.65. The molecule has 0 aromatic carbocycles. The van der Waals surface area contributed by atoms with Crippen molar-refractivity contribution >= 4 is 33.5 Å². The van der Waals surface area contributed by atoms with Crippen LogP contribution in [0.15, 0.2) is 16.7 Å². The minimum atomic E-state index is -0.573. The van der Waals surface area contributed by atoms with Crippen molar-refractivity contribution in [3.05, 3.63) is 22.3 Å². The van der Waals surface area contributed by atoms with Crippen LogP contribution in [-0.2, 0) is 0 Å². The Kier molecular flexibility index (Phi) is 3.77. The largest absolute Gasteiger partial charge is 0.387 e. The quantitative estimate of drug-likeness (QED) is 0.900. The van der Waals surface area contributed by atoms with Gasteiger partial charge in [-0.1, -0.05) is 0 Å². The average Bonchev–Trinajstić information content (AvgIpc) is 2.64. The molecule has 1 saturated heterocycles. The molecule has 0 saturated carbocycles. The second-order valence-corrected chi connectivity index (χ2v) is 6.18. The summed E-state index contributed by atoms with van der Waals surface area (Å²) in [6.45, 7) is 2.57. The summed E-state index contributed by atoms with van der Waals surface area (Å²) in [5.74, 6) is 2.65. The van der Waals surface area contributed by atoms with Gasteiger partial charge in [0.1, 0.15) is 5.82 Å². The summed E-state index contributed by atoms with van der Waals surface area (Å²) < 4.78 is 0.946. The number of nitrogens with zero attached hydrogens (tertiary/aromatic N) is 1. The average molecular weight is 303 g/mol. The fourth-order valence-corrected chi connectivity index (χ4v) is 3.55. The Bertz CT molecular complexity index is 380. The van der Waals surface area contributed by atoms with Crippen molar-refractivity contribution in [1.29, 1.82) is 0 Å². The number of nitrogens with one attached hydrogen (secondary N) is 1. The lowest BCUT2D eigenvalue weighted by Gasteiger charge is -2.22. The van der Waals surface area contributed by atoms with Gasteiger partial charge in [-0.25, -0.2) is 4.98 Å². The molecule has 0 unspecified atom stereocenters. The molecule has 1 aromatic rings. The van der Waals surface area contributed by atoms with Gasteiger partial charge in [0.25, 0.3) is 0 Å². The molecule has 16 heavy (non-hydrogen) atoms. The van der Waals surface area contributed by atoms with Gasteiger partial charge in [-0.05, 0) is 46.7 Å². The number of rotatable bonds is 3. The van der Waals surface area contributed by atoms with Crippen molar-refractivity contribution in [3.63, 3.8) is 0 Å². The van der Waals surface area contributed by atoms with Gasteiger partial charge in [0.15, 0.2) is 0 Å².